The molecule has 1 nitrogen and oxygen atoms in total. The molecule has 3 rings (SSSR count). The molecule has 2 aliphatic rings. The minimum atomic E-state index is 0.631. The van der Waals surface area contributed by atoms with Gasteiger partial charge in [-0.1, -0.05) is 35.9 Å². The fraction of sp³-hybridized carbons (Fsp3) is 0.273. The van der Waals surface area contributed by atoms with E-state index in [1.165, 1.54) is 11.1 Å². The van der Waals surface area contributed by atoms with Crippen LogP contribution in [0.25, 0.3) is 5.57 Å². The van der Waals surface area contributed by atoms with Gasteiger partial charge in [0.15, 0.2) is 0 Å². The molecule has 0 radical (unpaired) electrons. The zero-order valence-corrected chi connectivity index (χ0v) is 7.88. The molecule has 0 amide bonds. The van der Waals surface area contributed by atoms with Crippen LogP contribution in [0.3, 0.4) is 0 Å². The predicted octanol–water partition coefficient (Wildman–Crippen LogP) is 2.32. The zero-order valence-electron chi connectivity index (χ0n) is 7.13. The van der Waals surface area contributed by atoms with Gasteiger partial charge in [-0.15, -0.1) is 0 Å². The summed E-state index contributed by atoms with van der Waals surface area (Å²) < 4.78 is 0. The molecule has 1 heterocycles. The number of rotatable bonds is 1. The van der Waals surface area contributed by atoms with Crippen LogP contribution in [0.15, 0.2) is 30.3 Å². The molecule has 1 aliphatic carbocycles. The van der Waals surface area contributed by atoms with Crippen molar-refractivity contribution in [2.45, 2.75) is 6.04 Å². The first-order chi connectivity index (χ1) is 6.36. The van der Waals surface area contributed by atoms with E-state index in [4.69, 9.17) is 11.6 Å². The van der Waals surface area contributed by atoms with Crippen LogP contribution in [0.1, 0.15) is 5.56 Å². The molecule has 0 bridgehead atoms. The lowest BCUT2D eigenvalue weighted by atomic mass is 9.71. The molecule has 1 saturated heterocycles. The van der Waals surface area contributed by atoms with Crippen molar-refractivity contribution in [2.24, 2.45) is 5.92 Å². The Balaban J connectivity index is 2.02. The van der Waals surface area contributed by atoms with Gasteiger partial charge < -0.3 is 5.32 Å². The van der Waals surface area contributed by atoms with Crippen LogP contribution in [-0.4, -0.2) is 12.6 Å². The lowest BCUT2D eigenvalue weighted by Crippen LogP contribution is -2.57. The summed E-state index contributed by atoms with van der Waals surface area (Å²) in [4.78, 5) is 0. The third-order valence-corrected chi connectivity index (χ3v) is 3.28. The van der Waals surface area contributed by atoms with Gasteiger partial charge in [-0.2, -0.15) is 0 Å². The van der Waals surface area contributed by atoms with Crippen molar-refractivity contribution in [1.29, 1.82) is 0 Å². The Morgan fingerprint density at radius 1 is 1.31 bits per heavy atom. The van der Waals surface area contributed by atoms with Crippen LogP contribution in [0.5, 0.6) is 0 Å². The number of hydrogen-bond acceptors (Lipinski definition) is 1. The quantitative estimate of drug-likeness (QED) is 0.719. The highest BCUT2D eigenvalue weighted by Gasteiger charge is 2.40. The molecule has 2 unspecified atom stereocenters. The molecule has 66 valence electrons. The summed E-state index contributed by atoms with van der Waals surface area (Å²) >= 11 is 6.11. The van der Waals surface area contributed by atoms with E-state index < -0.39 is 0 Å². The van der Waals surface area contributed by atoms with Crippen molar-refractivity contribution in [1.82, 2.24) is 5.32 Å². The Kier molecular flexibility index (Phi) is 1.52. The smallest absolute Gasteiger partial charge is 0.0481 e. The van der Waals surface area contributed by atoms with Gasteiger partial charge in [0.25, 0.3) is 0 Å². The maximum Gasteiger partial charge on any atom is 0.0481 e. The fourth-order valence-electron chi connectivity index (χ4n) is 2.03. The first-order valence-electron chi connectivity index (χ1n) is 4.56. The zero-order chi connectivity index (χ0) is 8.84. The monoisotopic (exact) mass is 191 g/mol. The number of halogens is 1. The molecule has 0 spiro atoms. The van der Waals surface area contributed by atoms with E-state index in [2.05, 4.69) is 17.5 Å². The first kappa shape index (κ1) is 7.60. The van der Waals surface area contributed by atoms with Crippen LogP contribution < -0.4 is 5.32 Å². The van der Waals surface area contributed by atoms with E-state index >= 15 is 0 Å². The molecule has 1 fully saturated rings. The van der Waals surface area contributed by atoms with Crippen molar-refractivity contribution < 1.29 is 0 Å². The van der Waals surface area contributed by atoms with Crippen LogP contribution >= 0.6 is 11.6 Å². The molecular formula is C11H10ClN. The number of hydrogen-bond donors (Lipinski definition) is 1. The number of benzene rings is 1. The summed E-state index contributed by atoms with van der Waals surface area (Å²) in [6, 6.07) is 8.70. The lowest BCUT2D eigenvalue weighted by Gasteiger charge is -2.46. The molecule has 13 heavy (non-hydrogen) atoms. The van der Waals surface area contributed by atoms with E-state index in [9.17, 15) is 0 Å². The molecule has 1 aromatic rings. The summed E-state index contributed by atoms with van der Waals surface area (Å²) in [5, 5.41) is 4.22. The number of nitrogens with one attached hydrogen (secondary N) is 1. The molecule has 1 aromatic carbocycles. The van der Waals surface area contributed by atoms with Crippen LogP contribution in [0, 0.1) is 5.92 Å². The molecule has 1 N–H and O–H groups in total. The molecule has 2 heteroatoms. The van der Waals surface area contributed by atoms with E-state index in [0.29, 0.717) is 6.04 Å². The standard InChI is InChI=1S/C11H10ClN/c12-10-4-2-1-3-7(10)8-5-11-9(8)6-13-11/h1-5,9,11,13H,6H2. The molecule has 2 atom stereocenters. The second-order valence-electron chi connectivity index (χ2n) is 3.64. The average Bonchev–Trinajstić information content (AvgIpc) is 2.11. The molecular weight excluding hydrogens is 182 g/mol. The average molecular weight is 192 g/mol. The first-order valence-corrected chi connectivity index (χ1v) is 4.94. The second kappa shape index (κ2) is 2.60. The van der Waals surface area contributed by atoms with Gasteiger partial charge in [0.05, 0.1) is 0 Å². The Labute approximate surface area is 82.4 Å². The fourth-order valence-corrected chi connectivity index (χ4v) is 2.28. The molecule has 1 aliphatic heterocycles. The van der Waals surface area contributed by atoms with Crippen molar-refractivity contribution in [3.8, 4) is 0 Å². The minimum Gasteiger partial charge on any atom is -0.309 e. The van der Waals surface area contributed by atoms with Crippen LogP contribution in [-0.2, 0) is 0 Å². The Morgan fingerprint density at radius 2 is 2.15 bits per heavy atom. The third kappa shape index (κ3) is 0.976. The highest BCUT2D eigenvalue weighted by Crippen LogP contribution is 2.42. The normalized spacial score (nSPS) is 29.8. The highest BCUT2D eigenvalue weighted by atomic mass is 35.5. The van der Waals surface area contributed by atoms with Gasteiger partial charge in [-0.05, 0) is 17.2 Å². The van der Waals surface area contributed by atoms with E-state index in [1.54, 1.807) is 0 Å². The van der Waals surface area contributed by atoms with Crippen molar-refractivity contribution in [2.75, 3.05) is 6.54 Å². The summed E-state index contributed by atoms with van der Waals surface area (Å²) in [5.74, 6) is 0.722. The van der Waals surface area contributed by atoms with E-state index in [1.807, 2.05) is 18.2 Å². The van der Waals surface area contributed by atoms with Gasteiger partial charge in [-0.25, -0.2) is 0 Å². The predicted molar refractivity (Wildman–Crippen MR) is 54.7 cm³/mol. The Morgan fingerprint density at radius 3 is 2.69 bits per heavy atom. The summed E-state index contributed by atoms with van der Waals surface area (Å²) in [6.07, 6.45) is 2.27. The van der Waals surface area contributed by atoms with Gasteiger partial charge in [-0.3, -0.25) is 0 Å². The largest absolute Gasteiger partial charge is 0.309 e. The van der Waals surface area contributed by atoms with Gasteiger partial charge in [0.2, 0.25) is 0 Å². The summed E-state index contributed by atoms with van der Waals surface area (Å²) in [6.45, 7) is 1.11. The van der Waals surface area contributed by atoms with E-state index in [0.717, 1.165) is 17.5 Å². The SMILES string of the molecule is Clc1ccccc1C1=CC2NCC12. The van der Waals surface area contributed by atoms with Crippen molar-refractivity contribution in [3.63, 3.8) is 0 Å². The van der Waals surface area contributed by atoms with Gasteiger partial charge in [0, 0.05) is 23.5 Å². The van der Waals surface area contributed by atoms with Crippen molar-refractivity contribution in [3.05, 3.63) is 40.9 Å². The minimum absolute atomic E-state index is 0.631. The summed E-state index contributed by atoms with van der Waals surface area (Å²) in [5.41, 5.74) is 2.64. The van der Waals surface area contributed by atoms with Crippen molar-refractivity contribution >= 4 is 17.2 Å². The Hall–Kier alpha value is -0.790. The highest BCUT2D eigenvalue weighted by molar-refractivity contribution is 6.32. The number of fused-ring (bicyclic) bond motifs is 1. The second-order valence-corrected chi connectivity index (χ2v) is 4.05. The van der Waals surface area contributed by atoms with Gasteiger partial charge in [0.1, 0.15) is 0 Å². The maximum atomic E-state index is 6.11. The molecule has 0 saturated carbocycles. The summed E-state index contributed by atoms with van der Waals surface area (Å²) in [7, 11) is 0. The van der Waals surface area contributed by atoms with E-state index in [-0.39, 0.29) is 0 Å². The van der Waals surface area contributed by atoms with Crippen LogP contribution in [0.4, 0.5) is 0 Å². The maximum absolute atomic E-state index is 6.11. The Bertz CT molecular complexity index is 383. The van der Waals surface area contributed by atoms with Crippen LogP contribution in [0.2, 0.25) is 5.02 Å². The van der Waals surface area contributed by atoms with Gasteiger partial charge >= 0.3 is 0 Å². The lowest BCUT2D eigenvalue weighted by molar-refractivity contribution is 0.318. The third-order valence-electron chi connectivity index (χ3n) is 2.95. The molecule has 0 aromatic heterocycles. The topological polar surface area (TPSA) is 12.0 Å².